The largest absolute Gasteiger partial charge is 0.495 e. The molecule has 7 nitrogen and oxygen atoms in total. The van der Waals surface area contributed by atoms with Crippen molar-refractivity contribution in [2.45, 2.75) is 11.4 Å². The Morgan fingerprint density at radius 1 is 1.13 bits per heavy atom. The topological polar surface area (TPSA) is 88.6 Å². The number of rotatable bonds is 8. The van der Waals surface area contributed by atoms with Crippen LogP contribution in [0.1, 0.15) is 5.56 Å². The Morgan fingerprint density at radius 3 is 2.57 bits per heavy atom. The number of ether oxygens (including phenoxy) is 1. The molecular formula is C21H20ClN3O4S. The fraction of sp³-hybridized carbons (Fsp3) is 0.143. The Hall–Kier alpha value is -3.10. The normalized spacial score (nSPS) is 11.0. The van der Waals surface area contributed by atoms with Crippen LogP contribution in [0.5, 0.6) is 5.75 Å². The minimum atomic E-state index is -4.06. The van der Waals surface area contributed by atoms with Crippen LogP contribution in [-0.2, 0) is 21.4 Å². The first kappa shape index (κ1) is 21.6. The number of sulfonamides is 1. The number of methoxy groups -OCH3 is 1. The molecule has 0 aliphatic heterocycles. The number of benzene rings is 2. The van der Waals surface area contributed by atoms with Crippen molar-refractivity contribution in [3.8, 4) is 5.75 Å². The van der Waals surface area contributed by atoms with Gasteiger partial charge in [0.2, 0.25) is 5.91 Å². The van der Waals surface area contributed by atoms with Gasteiger partial charge in [-0.1, -0.05) is 35.9 Å². The number of halogens is 1. The zero-order chi connectivity index (χ0) is 21.6. The molecule has 1 heterocycles. The number of anilines is 1. The maximum atomic E-state index is 13.4. The lowest BCUT2D eigenvalue weighted by Crippen LogP contribution is -2.40. The fourth-order valence-corrected chi connectivity index (χ4v) is 4.38. The second kappa shape index (κ2) is 9.60. The summed E-state index contributed by atoms with van der Waals surface area (Å²) >= 11 is 6.11. The molecule has 30 heavy (non-hydrogen) atoms. The Kier molecular flexibility index (Phi) is 6.91. The summed E-state index contributed by atoms with van der Waals surface area (Å²) in [5, 5.41) is 3.03. The molecule has 3 rings (SSSR count). The van der Waals surface area contributed by atoms with Crippen molar-refractivity contribution in [1.82, 2.24) is 10.3 Å². The zero-order valence-corrected chi connectivity index (χ0v) is 17.7. The quantitative estimate of drug-likeness (QED) is 0.575. The van der Waals surface area contributed by atoms with E-state index in [1.165, 1.54) is 25.3 Å². The van der Waals surface area contributed by atoms with Gasteiger partial charge in [-0.15, -0.1) is 0 Å². The average molecular weight is 446 g/mol. The zero-order valence-electron chi connectivity index (χ0n) is 16.2. The van der Waals surface area contributed by atoms with E-state index in [-0.39, 0.29) is 22.9 Å². The molecule has 3 aromatic rings. The van der Waals surface area contributed by atoms with Crippen molar-refractivity contribution in [2.75, 3.05) is 18.0 Å². The van der Waals surface area contributed by atoms with Crippen molar-refractivity contribution < 1.29 is 17.9 Å². The number of carbonyl (C=O) groups is 1. The Balaban J connectivity index is 1.94. The molecular weight excluding hydrogens is 426 g/mol. The molecule has 0 atom stereocenters. The molecule has 1 aromatic heterocycles. The number of pyridine rings is 1. The van der Waals surface area contributed by atoms with Gasteiger partial charge < -0.3 is 10.1 Å². The van der Waals surface area contributed by atoms with Crippen LogP contribution in [0.4, 0.5) is 5.69 Å². The van der Waals surface area contributed by atoms with Gasteiger partial charge in [-0.25, -0.2) is 8.42 Å². The van der Waals surface area contributed by atoms with Crippen LogP contribution in [0.25, 0.3) is 0 Å². The highest BCUT2D eigenvalue weighted by molar-refractivity contribution is 7.92. The summed E-state index contributed by atoms with van der Waals surface area (Å²) < 4.78 is 33.0. The molecule has 2 aromatic carbocycles. The van der Waals surface area contributed by atoms with E-state index in [0.717, 1.165) is 9.87 Å². The smallest absolute Gasteiger partial charge is 0.264 e. The number of carbonyl (C=O) groups excluding carboxylic acids is 1. The standard InChI is InChI=1S/C21H20ClN3O4S/c1-29-20-10-9-17(22)12-19(20)25(30(27,28)18-7-3-2-4-8-18)15-21(26)24-14-16-6-5-11-23-13-16/h2-13H,14-15H2,1H3,(H,24,26). The van der Waals surface area contributed by atoms with Crippen molar-refractivity contribution in [3.63, 3.8) is 0 Å². The predicted octanol–water partition coefficient (Wildman–Crippen LogP) is 3.26. The van der Waals surface area contributed by atoms with Crippen LogP contribution >= 0.6 is 11.6 Å². The van der Waals surface area contributed by atoms with Crippen molar-refractivity contribution in [3.05, 3.63) is 83.6 Å². The summed E-state index contributed by atoms with van der Waals surface area (Å²) in [6.45, 7) is -0.229. The van der Waals surface area contributed by atoms with E-state index in [9.17, 15) is 13.2 Å². The summed E-state index contributed by atoms with van der Waals surface area (Å²) in [6, 6.07) is 16.0. The molecule has 0 unspecified atom stereocenters. The van der Waals surface area contributed by atoms with Crippen molar-refractivity contribution in [2.24, 2.45) is 0 Å². The minimum Gasteiger partial charge on any atom is -0.495 e. The van der Waals surface area contributed by atoms with E-state index in [1.807, 2.05) is 6.07 Å². The third kappa shape index (κ3) is 5.08. The van der Waals surface area contributed by atoms with Gasteiger partial charge in [0.1, 0.15) is 12.3 Å². The molecule has 0 radical (unpaired) electrons. The van der Waals surface area contributed by atoms with Crippen LogP contribution in [0, 0.1) is 0 Å². The number of nitrogens with one attached hydrogen (secondary N) is 1. The Morgan fingerprint density at radius 2 is 1.90 bits per heavy atom. The predicted molar refractivity (Wildman–Crippen MR) is 115 cm³/mol. The van der Waals surface area contributed by atoms with E-state index >= 15 is 0 Å². The van der Waals surface area contributed by atoms with Crippen LogP contribution < -0.4 is 14.4 Å². The first-order chi connectivity index (χ1) is 14.4. The lowest BCUT2D eigenvalue weighted by atomic mass is 10.3. The number of aromatic nitrogens is 1. The van der Waals surface area contributed by atoms with Crippen molar-refractivity contribution >= 4 is 33.2 Å². The second-order valence-corrected chi connectivity index (χ2v) is 8.58. The number of amides is 1. The molecule has 1 N–H and O–H groups in total. The molecule has 0 saturated carbocycles. The monoisotopic (exact) mass is 445 g/mol. The fourth-order valence-electron chi connectivity index (χ4n) is 2.77. The summed E-state index contributed by atoms with van der Waals surface area (Å²) in [4.78, 5) is 16.7. The molecule has 1 amide bonds. The number of hydrogen-bond donors (Lipinski definition) is 1. The highest BCUT2D eigenvalue weighted by Crippen LogP contribution is 2.34. The molecule has 0 fully saturated rings. The average Bonchev–Trinajstić information content (AvgIpc) is 2.77. The van der Waals surface area contributed by atoms with Gasteiger partial charge in [0.05, 0.1) is 17.7 Å². The lowest BCUT2D eigenvalue weighted by molar-refractivity contribution is -0.119. The van der Waals surface area contributed by atoms with Crippen LogP contribution in [0.3, 0.4) is 0 Å². The van der Waals surface area contributed by atoms with Gasteiger partial charge in [0.15, 0.2) is 0 Å². The number of hydrogen-bond acceptors (Lipinski definition) is 5. The first-order valence-corrected chi connectivity index (χ1v) is 10.8. The molecule has 9 heteroatoms. The molecule has 0 bridgehead atoms. The maximum absolute atomic E-state index is 13.4. The Bertz CT molecular complexity index is 1110. The van der Waals surface area contributed by atoms with Crippen molar-refractivity contribution in [1.29, 1.82) is 0 Å². The molecule has 0 spiro atoms. The number of nitrogens with zero attached hydrogens (tertiary/aromatic N) is 2. The van der Waals surface area contributed by atoms with Crippen LogP contribution in [0.15, 0.2) is 78.0 Å². The molecule has 0 aliphatic carbocycles. The summed E-state index contributed by atoms with van der Waals surface area (Å²) in [5.41, 5.74) is 0.967. The van der Waals surface area contributed by atoms with Gasteiger partial charge >= 0.3 is 0 Å². The minimum absolute atomic E-state index is 0.0482. The van der Waals surface area contributed by atoms with Gasteiger partial charge in [-0.3, -0.25) is 14.1 Å². The van der Waals surface area contributed by atoms with Crippen LogP contribution in [-0.4, -0.2) is 33.0 Å². The highest BCUT2D eigenvalue weighted by atomic mass is 35.5. The van der Waals surface area contributed by atoms with E-state index in [0.29, 0.717) is 5.02 Å². The first-order valence-electron chi connectivity index (χ1n) is 8.99. The van der Waals surface area contributed by atoms with Crippen LogP contribution in [0.2, 0.25) is 5.02 Å². The highest BCUT2D eigenvalue weighted by Gasteiger charge is 2.29. The summed E-state index contributed by atoms with van der Waals surface area (Å²) in [6.07, 6.45) is 3.25. The summed E-state index contributed by atoms with van der Waals surface area (Å²) in [7, 11) is -2.64. The SMILES string of the molecule is COc1ccc(Cl)cc1N(CC(=O)NCc1cccnc1)S(=O)(=O)c1ccccc1. The van der Waals surface area contributed by atoms with Gasteiger partial charge in [-0.2, -0.15) is 0 Å². The maximum Gasteiger partial charge on any atom is 0.264 e. The van der Waals surface area contributed by atoms with E-state index in [4.69, 9.17) is 16.3 Å². The third-order valence-electron chi connectivity index (χ3n) is 4.24. The molecule has 0 aliphatic rings. The molecule has 0 saturated heterocycles. The van der Waals surface area contributed by atoms with E-state index in [2.05, 4.69) is 10.3 Å². The molecule has 156 valence electrons. The Labute approximate surface area is 180 Å². The third-order valence-corrected chi connectivity index (χ3v) is 6.25. The van der Waals surface area contributed by atoms with Gasteiger partial charge in [0.25, 0.3) is 10.0 Å². The van der Waals surface area contributed by atoms with E-state index < -0.39 is 22.5 Å². The lowest BCUT2D eigenvalue weighted by Gasteiger charge is -2.25. The van der Waals surface area contributed by atoms with Gasteiger partial charge in [-0.05, 0) is 42.0 Å². The van der Waals surface area contributed by atoms with E-state index in [1.54, 1.807) is 48.8 Å². The second-order valence-electron chi connectivity index (χ2n) is 6.28. The summed E-state index contributed by atoms with van der Waals surface area (Å²) in [5.74, 6) is -0.209. The van der Waals surface area contributed by atoms with Gasteiger partial charge in [0, 0.05) is 24.0 Å².